The highest BCUT2D eigenvalue weighted by molar-refractivity contribution is 7.18. The van der Waals surface area contributed by atoms with Crippen molar-refractivity contribution in [2.75, 3.05) is 13.7 Å². The highest BCUT2D eigenvalue weighted by atomic mass is 32.1. The molecule has 1 unspecified atom stereocenters. The van der Waals surface area contributed by atoms with Gasteiger partial charge in [-0.3, -0.25) is 14.4 Å². The Bertz CT molecular complexity index is 871. The minimum Gasteiger partial charge on any atom is -0.469 e. The fourth-order valence-electron chi connectivity index (χ4n) is 3.48. The lowest BCUT2D eigenvalue weighted by molar-refractivity contribution is -0.140. The molecule has 0 amide bonds. The van der Waals surface area contributed by atoms with Crippen molar-refractivity contribution >= 4 is 27.5 Å². The number of methoxy groups -OCH3 is 1. The van der Waals surface area contributed by atoms with E-state index in [-0.39, 0.29) is 5.97 Å². The summed E-state index contributed by atoms with van der Waals surface area (Å²) in [5.74, 6) is -0.211. The molecule has 3 aromatic rings. The van der Waals surface area contributed by atoms with Gasteiger partial charge in [0.05, 0.1) is 42.5 Å². The zero-order valence-corrected chi connectivity index (χ0v) is 15.6. The second-order valence-electron chi connectivity index (χ2n) is 6.59. The van der Waals surface area contributed by atoms with Crippen molar-refractivity contribution in [3.63, 3.8) is 0 Å². The number of ether oxygens (including phenoxy) is 1. The SMILES string of the molecule is COC(=O)CCn1cc(CN2CCCC2c2nc3ccccc3s2)cn1. The average Bonchev–Trinajstić information content (AvgIpc) is 3.38. The van der Waals surface area contributed by atoms with Crippen molar-refractivity contribution < 1.29 is 9.53 Å². The first-order chi connectivity index (χ1) is 12.7. The minimum absolute atomic E-state index is 0.211. The highest BCUT2D eigenvalue weighted by Gasteiger charge is 2.28. The molecule has 1 aliphatic rings. The number of rotatable bonds is 6. The number of aryl methyl sites for hydroxylation is 1. The molecule has 0 aliphatic carbocycles. The van der Waals surface area contributed by atoms with Crippen LogP contribution in [-0.2, 0) is 22.6 Å². The Morgan fingerprint density at radius 1 is 1.38 bits per heavy atom. The molecule has 1 fully saturated rings. The predicted molar refractivity (Wildman–Crippen MR) is 101 cm³/mol. The maximum Gasteiger partial charge on any atom is 0.307 e. The van der Waals surface area contributed by atoms with Gasteiger partial charge in [0.1, 0.15) is 5.01 Å². The molecule has 0 bridgehead atoms. The smallest absolute Gasteiger partial charge is 0.307 e. The molecule has 0 saturated carbocycles. The quantitative estimate of drug-likeness (QED) is 0.623. The van der Waals surface area contributed by atoms with Gasteiger partial charge in [-0.1, -0.05) is 12.1 Å². The molecule has 7 heteroatoms. The topological polar surface area (TPSA) is 60.2 Å². The summed E-state index contributed by atoms with van der Waals surface area (Å²) in [7, 11) is 1.41. The van der Waals surface area contributed by atoms with Crippen LogP contribution in [0.2, 0.25) is 0 Å². The maximum absolute atomic E-state index is 11.3. The number of likely N-dealkylation sites (tertiary alicyclic amines) is 1. The summed E-state index contributed by atoms with van der Waals surface area (Å²) >= 11 is 1.80. The first kappa shape index (κ1) is 17.2. The van der Waals surface area contributed by atoms with Crippen LogP contribution in [0.4, 0.5) is 0 Å². The van der Waals surface area contributed by atoms with Crippen molar-refractivity contribution in [3.8, 4) is 0 Å². The second-order valence-corrected chi connectivity index (χ2v) is 7.65. The van der Waals surface area contributed by atoms with E-state index in [1.165, 1.54) is 28.8 Å². The number of fused-ring (bicyclic) bond motifs is 1. The normalized spacial score (nSPS) is 17.8. The van der Waals surface area contributed by atoms with Gasteiger partial charge in [0, 0.05) is 18.3 Å². The van der Waals surface area contributed by atoms with Crippen molar-refractivity contribution in [2.24, 2.45) is 0 Å². The molecule has 1 aromatic carbocycles. The first-order valence-electron chi connectivity index (χ1n) is 8.90. The molecule has 6 nitrogen and oxygen atoms in total. The van der Waals surface area contributed by atoms with Gasteiger partial charge >= 0.3 is 5.97 Å². The Morgan fingerprint density at radius 2 is 2.27 bits per heavy atom. The van der Waals surface area contributed by atoms with Gasteiger partial charge in [0.2, 0.25) is 0 Å². The Kier molecular flexibility index (Phi) is 4.99. The lowest BCUT2D eigenvalue weighted by atomic mass is 10.2. The molecule has 3 heterocycles. The predicted octanol–water partition coefficient (Wildman–Crippen LogP) is 3.39. The largest absolute Gasteiger partial charge is 0.469 e. The van der Waals surface area contributed by atoms with E-state index in [0.717, 1.165) is 25.0 Å². The van der Waals surface area contributed by atoms with Crippen LogP contribution in [0.25, 0.3) is 10.2 Å². The Hall–Kier alpha value is -2.25. The molecular weight excluding hydrogens is 348 g/mol. The van der Waals surface area contributed by atoms with E-state index in [1.807, 2.05) is 23.1 Å². The number of hydrogen-bond donors (Lipinski definition) is 0. The summed E-state index contributed by atoms with van der Waals surface area (Å²) in [6.45, 7) is 2.49. The van der Waals surface area contributed by atoms with E-state index in [2.05, 4.69) is 32.9 Å². The first-order valence-corrected chi connectivity index (χ1v) is 9.72. The van der Waals surface area contributed by atoms with Crippen molar-refractivity contribution in [1.29, 1.82) is 0 Å². The Balaban J connectivity index is 1.44. The number of carbonyl (C=O) groups excluding carboxylic acids is 1. The molecule has 0 radical (unpaired) electrons. The number of aromatic nitrogens is 3. The zero-order valence-electron chi connectivity index (χ0n) is 14.8. The molecule has 2 aromatic heterocycles. The van der Waals surface area contributed by atoms with Crippen molar-refractivity contribution in [3.05, 3.63) is 47.2 Å². The monoisotopic (exact) mass is 370 g/mol. The second kappa shape index (κ2) is 7.55. The third kappa shape index (κ3) is 3.64. The number of esters is 1. The van der Waals surface area contributed by atoms with Gasteiger partial charge in [0.15, 0.2) is 0 Å². The standard InChI is InChI=1S/C19H22N4O2S/c1-25-18(24)8-10-23-13-14(11-20-23)12-22-9-4-6-16(22)19-21-15-5-2-3-7-17(15)26-19/h2-3,5,7,11,13,16H,4,6,8-10,12H2,1H3. The molecule has 0 N–H and O–H groups in total. The fourth-order valence-corrected chi connectivity index (χ4v) is 4.62. The fraction of sp³-hybridized carbons (Fsp3) is 0.421. The summed E-state index contributed by atoms with van der Waals surface area (Å²) in [5.41, 5.74) is 2.26. The number of thiazole rings is 1. The molecule has 4 rings (SSSR count). The van der Waals surface area contributed by atoms with Crippen LogP contribution in [0.3, 0.4) is 0 Å². The van der Waals surface area contributed by atoms with Crippen LogP contribution < -0.4 is 0 Å². The molecular formula is C19H22N4O2S. The molecule has 1 aliphatic heterocycles. The van der Waals surface area contributed by atoms with Crippen LogP contribution >= 0.6 is 11.3 Å². The van der Waals surface area contributed by atoms with Gasteiger partial charge in [0.25, 0.3) is 0 Å². The molecule has 1 saturated heterocycles. The van der Waals surface area contributed by atoms with Gasteiger partial charge in [-0.25, -0.2) is 4.98 Å². The van der Waals surface area contributed by atoms with Crippen molar-refractivity contribution in [2.45, 2.75) is 38.4 Å². The lowest BCUT2D eigenvalue weighted by Gasteiger charge is -2.21. The van der Waals surface area contributed by atoms with Gasteiger partial charge in [-0.2, -0.15) is 5.10 Å². The summed E-state index contributed by atoms with van der Waals surface area (Å²) in [5, 5.41) is 5.58. The van der Waals surface area contributed by atoms with E-state index in [4.69, 9.17) is 4.98 Å². The third-order valence-electron chi connectivity index (χ3n) is 4.80. The van der Waals surface area contributed by atoms with Gasteiger partial charge in [-0.15, -0.1) is 11.3 Å². The average molecular weight is 370 g/mol. The highest BCUT2D eigenvalue weighted by Crippen LogP contribution is 2.37. The van der Waals surface area contributed by atoms with Gasteiger partial charge < -0.3 is 4.74 Å². The number of nitrogens with zero attached hydrogens (tertiary/aromatic N) is 4. The van der Waals surface area contributed by atoms with E-state index in [0.29, 0.717) is 19.0 Å². The van der Waals surface area contributed by atoms with Crippen LogP contribution in [0.1, 0.15) is 35.9 Å². The van der Waals surface area contributed by atoms with Crippen LogP contribution in [0.15, 0.2) is 36.7 Å². The van der Waals surface area contributed by atoms with E-state index >= 15 is 0 Å². The Labute approximate surface area is 156 Å². The summed E-state index contributed by atoms with van der Waals surface area (Å²) < 4.78 is 7.75. The molecule has 26 heavy (non-hydrogen) atoms. The van der Waals surface area contributed by atoms with E-state index in [9.17, 15) is 4.79 Å². The maximum atomic E-state index is 11.3. The third-order valence-corrected chi connectivity index (χ3v) is 5.94. The number of benzene rings is 1. The molecule has 136 valence electrons. The van der Waals surface area contributed by atoms with E-state index in [1.54, 1.807) is 11.3 Å². The van der Waals surface area contributed by atoms with Crippen molar-refractivity contribution in [1.82, 2.24) is 19.7 Å². The molecule has 0 spiro atoms. The summed E-state index contributed by atoms with van der Waals surface area (Å²) in [6, 6.07) is 8.72. The van der Waals surface area contributed by atoms with Crippen LogP contribution in [0.5, 0.6) is 0 Å². The minimum atomic E-state index is -0.211. The van der Waals surface area contributed by atoms with Crippen LogP contribution in [-0.4, -0.2) is 39.3 Å². The number of carbonyl (C=O) groups is 1. The Morgan fingerprint density at radius 3 is 3.12 bits per heavy atom. The summed E-state index contributed by atoms with van der Waals surface area (Å²) in [6.07, 6.45) is 6.60. The van der Waals surface area contributed by atoms with E-state index < -0.39 is 0 Å². The zero-order chi connectivity index (χ0) is 17.9. The lowest BCUT2D eigenvalue weighted by Crippen LogP contribution is -2.22. The molecule has 1 atom stereocenters. The summed E-state index contributed by atoms with van der Waals surface area (Å²) in [4.78, 5) is 18.6. The number of para-hydroxylation sites is 1. The van der Waals surface area contributed by atoms with Crippen LogP contribution in [0, 0.1) is 0 Å². The number of hydrogen-bond acceptors (Lipinski definition) is 6. The van der Waals surface area contributed by atoms with Gasteiger partial charge in [-0.05, 0) is 31.5 Å².